The Morgan fingerprint density at radius 1 is 1.04 bits per heavy atom. The zero-order chi connectivity index (χ0) is 17.7. The lowest BCUT2D eigenvalue weighted by molar-refractivity contribution is 0.413. The normalized spacial score (nSPS) is 11.5. The summed E-state index contributed by atoms with van der Waals surface area (Å²) < 4.78 is 27.5. The molecule has 0 spiro atoms. The Kier molecular flexibility index (Phi) is 5.08. The van der Waals surface area contributed by atoms with Gasteiger partial charge in [0, 0.05) is 31.9 Å². The predicted molar refractivity (Wildman–Crippen MR) is 96.0 cm³/mol. The molecule has 0 saturated carbocycles. The number of pyridine rings is 1. The van der Waals surface area contributed by atoms with Crippen molar-refractivity contribution < 1.29 is 8.42 Å². The van der Waals surface area contributed by atoms with E-state index >= 15 is 0 Å². The molecular weight excluding hydrogens is 334 g/mol. The number of hydrogen-bond donors (Lipinski definition) is 0. The molecule has 1 aromatic heterocycles. The Morgan fingerprint density at radius 3 is 2.56 bits per heavy atom. The fourth-order valence-electron chi connectivity index (χ4n) is 2.63. The molecule has 0 N–H and O–H groups in total. The van der Waals surface area contributed by atoms with Crippen molar-refractivity contribution in [1.29, 1.82) is 5.26 Å². The van der Waals surface area contributed by atoms with Gasteiger partial charge in [0.15, 0.2) is 0 Å². The first-order valence-corrected chi connectivity index (χ1v) is 9.30. The van der Waals surface area contributed by atoms with Gasteiger partial charge in [0.2, 0.25) is 10.0 Å². The molecule has 0 aliphatic carbocycles. The van der Waals surface area contributed by atoms with Crippen molar-refractivity contribution in [2.45, 2.75) is 17.9 Å². The fraction of sp³-hybridized carbons (Fsp3) is 0.158. The highest BCUT2D eigenvalue weighted by atomic mass is 32.2. The first-order valence-electron chi connectivity index (χ1n) is 7.86. The summed E-state index contributed by atoms with van der Waals surface area (Å²) in [6, 6.07) is 18.3. The second-order valence-corrected chi connectivity index (χ2v) is 7.55. The highest BCUT2D eigenvalue weighted by Crippen LogP contribution is 2.23. The van der Waals surface area contributed by atoms with Crippen molar-refractivity contribution in [3.8, 4) is 6.07 Å². The zero-order valence-electron chi connectivity index (χ0n) is 13.5. The summed E-state index contributed by atoms with van der Waals surface area (Å²) >= 11 is 0. The summed E-state index contributed by atoms with van der Waals surface area (Å²) in [5.41, 5.74) is 0.782. The molecule has 0 aliphatic rings. The molecule has 0 bridgehead atoms. The third-order valence-electron chi connectivity index (χ3n) is 3.91. The highest BCUT2D eigenvalue weighted by Gasteiger charge is 2.24. The van der Waals surface area contributed by atoms with Crippen LogP contribution in [0.4, 0.5) is 0 Å². The number of nitrogens with zero attached hydrogens (tertiary/aromatic N) is 3. The minimum atomic E-state index is -3.71. The van der Waals surface area contributed by atoms with E-state index < -0.39 is 10.0 Å². The molecule has 0 fully saturated rings. The predicted octanol–water partition coefficient (Wildman–Crippen LogP) is 3.34. The molecule has 25 heavy (non-hydrogen) atoms. The Balaban J connectivity index is 1.98. The minimum absolute atomic E-state index is 0.132. The van der Waals surface area contributed by atoms with Crippen LogP contribution < -0.4 is 0 Å². The first kappa shape index (κ1) is 17.1. The van der Waals surface area contributed by atoms with Gasteiger partial charge >= 0.3 is 0 Å². The fourth-order valence-corrected chi connectivity index (χ4v) is 4.10. The van der Waals surface area contributed by atoms with E-state index in [4.69, 9.17) is 5.26 Å². The van der Waals surface area contributed by atoms with Gasteiger partial charge in [-0.05, 0) is 34.5 Å². The quantitative estimate of drug-likeness (QED) is 0.683. The molecule has 5 nitrogen and oxygen atoms in total. The highest BCUT2D eigenvalue weighted by molar-refractivity contribution is 7.89. The molecule has 6 heteroatoms. The van der Waals surface area contributed by atoms with Gasteiger partial charge in [0.1, 0.15) is 0 Å². The number of hydrogen-bond acceptors (Lipinski definition) is 4. The molecule has 0 saturated heterocycles. The Hall–Kier alpha value is -2.75. The molecule has 0 radical (unpaired) electrons. The van der Waals surface area contributed by atoms with E-state index in [2.05, 4.69) is 4.98 Å². The van der Waals surface area contributed by atoms with Gasteiger partial charge in [-0.25, -0.2) is 8.42 Å². The van der Waals surface area contributed by atoms with Gasteiger partial charge in [0.05, 0.1) is 11.0 Å². The molecule has 1 heterocycles. The van der Waals surface area contributed by atoms with Crippen LogP contribution in [0.3, 0.4) is 0 Å². The average molecular weight is 351 g/mol. The van der Waals surface area contributed by atoms with E-state index in [0.29, 0.717) is 0 Å². The van der Waals surface area contributed by atoms with Gasteiger partial charge in [-0.15, -0.1) is 0 Å². The van der Waals surface area contributed by atoms with Crippen LogP contribution in [0.1, 0.15) is 12.0 Å². The smallest absolute Gasteiger partial charge is 0.243 e. The second kappa shape index (κ2) is 7.43. The van der Waals surface area contributed by atoms with Gasteiger partial charge in [-0.2, -0.15) is 9.57 Å². The molecule has 0 amide bonds. The van der Waals surface area contributed by atoms with Gasteiger partial charge in [-0.3, -0.25) is 4.98 Å². The summed E-state index contributed by atoms with van der Waals surface area (Å²) in [7, 11) is -3.71. The van der Waals surface area contributed by atoms with Crippen molar-refractivity contribution in [3.63, 3.8) is 0 Å². The van der Waals surface area contributed by atoms with Crippen LogP contribution in [0.25, 0.3) is 10.8 Å². The Labute approximate surface area is 147 Å². The lowest BCUT2D eigenvalue weighted by Crippen LogP contribution is -2.31. The van der Waals surface area contributed by atoms with E-state index in [-0.39, 0.29) is 24.4 Å². The maximum absolute atomic E-state index is 13.1. The summed E-state index contributed by atoms with van der Waals surface area (Å²) in [5, 5.41) is 10.7. The first-order chi connectivity index (χ1) is 12.1. The average Bonchev–Trinajstić information content (AvgIpc) is 2.65. The third-order valence-corrected chi connectivity index (χ3v) is 5.75. The molecule has 0 unspecified atom stereocenters. The molecule has 3 aromatic rings. The Bertz CT molecular complexity index is 1010. The molecule has 0 atom stereocenters. The summed E-state index contributed by atoms with van der Waals surface area (Å²) in [6.07, 6.45) is 3.41. The van der Waals surface area contributed by atoms with Crippen LogP contribution in [-0.4, -0.2) is 24.3 Å². The topological polar surface area (TPSA) is 74.1 Å². The number of aromatic nitrogens is 1. The molecular formula is C19H17N3O2S. The molecule has 3 rings (SSSR count). The van der Waals surface area contributed by atoms with Crippen LogP contribution in [-0.2, 0) is 16.6 Å². The minimum Gasteiger partial charge on any atom is -0.264 e. The van der Waals surface area contributed by atoms with Gasteiger partial charge in [0.25, 0.3) is 0 Å². The van der Waals surface area contributed by atoms with Crippen molar-refractivity contribution >= 4 is 20.8 Å². The molecule has 126 valence electrons. The maximum Gasteiger partial charge on any atom is 0.243 e. The van der Waals surface area contributed by atoms with Crippen LogP contribution in [0.5, 0.6) is 0 Å². The second-order valence-electron chi connectivity index (χ2n) is 5.62. The lowest BCUT2D eigenvalue weighted by atomic mass is 10.1. The van der Waals surface area contributed by atoms with E-state index in [1.165, 1.54) is 4.31 Å². The van der Waals surface area contributed by atoms with Crippen molar-refractivity contribution in [2.75, 3.05) is 6.54 Å². The van der Waals surface area contributed by atoms with E-state index in [0.717, 1.165) is 16.3 Å². The Morgan fingerprint density at radius 2 is 1.84 bits per heavy atom. The van der Waals surface area contributed by atoms with Crippen LogP contribution in [0, 0.1) is 11.3 Å². The number of nitriles is 1. The van der Waals surface area contributed by atoms with Crippen molar-refractivity contribution in [3.05, 3.63) is 72.6 Å². The zero-order valence-corrected chi connectivity index (χ0v) is 14.4. The van der Waals surface area contributed by atoms with E-state index in [9.17, 15) is 8.42 Å². The standard InChI is InChI=1S/C19H17N3O2S/c20-10-4-12-22(15-16-5-3-11-21-14-16)25(23,24)19-9-8-17-6-1-2-7-18(17)13-19/h1-3,5-9,11,13-14H,4,12,15H2. The number of benzene rings is 2. The largest absolute Gasteiger partial charge is 0.264 e. The number of fused-ring (bicyclic) bond motifs is 1. The van der Waals surface area contributed by atoms with Crippen molar-refractivity contribution in [2.24, 2.45) is 0 Å². The lowest BCUT2D eigenvalue weighted by Gasteiger charge is -2.21. The number of rotatable bonds is 6. The van der Waals surface area contributed by atoms with Gasteiger partial charge < -0.3 is 0 Å². The maximum atomic E-state index is 13.1. The van der Waals surface area contributed by atoms with Crippen LogP contribution >= 0.6 is 0 Å². The van der Waals surface area contributed by atoms with E-state index in [1.54, 1.807) is 36.7 Å². The van der Waals surface area contributed by atoms with Crippen LogP contribution in [0.2, 0.25) is 0 Å². The van der Waals surface area contributed by atoms with E-state index in [1.807, 2.05) is 36.4 Å². The molecule has 0 aliphatic heterocycles. The van der Waals surface area contributed by atoms with Crippen LogP contribution in [0.15, 0.2) is 71.9 Å². The molecule has 2 aromatic carbocycles. The monoisotopic (exact) mass is 351 g/mol. The summed E-state index contributed by atoms with van der Waals surface area (Å²) in [6.45, 7) is 0.325. The third kappa shape index (κ3) is 3.85. The van der Waals surface area contributed by atoms with Crippen molar-refractivity contribution in [1.82, 2.24) is 9.29 Å². The summed E-state index contributed by atoms with van der Waals surface area (Å²) in [5.74, 6) is 0. The summed E-state index contributed by atoms with van der Waals surface area (Å²) in [4.78, 5) is 4.26. The number of sulfonamides is 1. The SMILES string of the molecule is N#CCCN(Cc1cccnc1)S(=O)(=O)c1ccc2ccccc2c1. The van der Waals surface area contributed by atoms with Gasteiger partial charge in [-0.1, -0.05) is 36.4 Å².